The minimum atomic E-state index is -0.817. The van der Waals surface area contributed by atoms with E-state index in [1.807, 2.05) is 0 Å². The van der Waals surface area contributed by atoms with E-state index in [1.54, 1.807) is 45.0 Å². The summed E-state index contributed by atoms with van der Waals surface area (Å²) in [5, 5.41) is 7.57. The number of rotatable bonds is 4. The van der Waals surface area contributed by atoms with Crippen molar-refractivity contribution in [1.29, 1.82) is 0 Å². The minimum Gasteiger partial charge on any atom is -0.444 e. The van der Waals surface area contributed by atoms with Crippen LogP contribution in [0.15, 0.2) is 24.3 Å². The maximum Gasteiger partial charge on any atom is 0.408 e. The third-order valence-electron chi connectivity index (χ3n) is 2.78. The number of ether oxygens (including phenoxy) is 1. The maximum atomic E-state index is 12.2. The van der Waals surface area contributed by atoms with Crippen LogP contribution in [0.4, 0.5) is 10.5 Å². The van der Waals surface area contributed by atoms with E-state index < -0.39 is 23.6 Å². The summed E-state index contributed by atoms with van der Waals surface area (Å²) in [5.41, 5.74) is 0.0639. The van der Waals surface area contributed by atoms with E-state index in [2.05, 4.69) is 15.9 Å². The van der Waals surface area contributed by atoms with Crippen LogP contribution in [-0.4, -0.2) is 37.5 Å². The molecule has 1 aromatic carbocycles. The van der Waals surface area contributed by atoms with E-state index in [4.69, 9.17) is 4.74 Å². The summed E-state index contributed by atoms with van der Waals surface area (Å²) in [6.07, 6.45) is -0.681. The van der Waals surface area contributed by atoms with Gasteiger partial charge in [-0.25, -0.2) is 4.79 Å². The summed E-state index contributed by atoms with van der Waals surface area (Å²) in [5.74, 6) is -0.763. The lowest BCUT2D eigenvalue weighted by atomic mass is 10.1. The van der Waals surface area contributed by atoms with Gasteiger partial charge in [-0.05, 0) is 39.8 Å². The summed E-state index contributed by atoms with van der Waals surface area (Å²) >= 11 is 0. The fourth-order valence-corrected chi connectivity index (χ4v) is 1.72. The molecule has 8 heteroatoms. The fourth-order valence-electron chi connectivity index (χ4n) is 1.72. The number of carbonyl (C=O) groups is 3. The second kappa shape index (κ2) is 7.67. The van der Waals surface area contributed by atoms with E-state index in [0.29, 0.717) is 11.3 Å². The van der Waals surface area contributed by atoms with Crippen LogP contribution in [0.1, 0.15) is 38.1 Å². The van der Waals surface area contributed by atoms with Crippen molar-refractivity contribution in [3.05, 3.63) is 29.8 Å². The van der Waals surface area contributed by atoms with E-state index in [0.717, 1.165) is 0 Å². The number of para-hydroxylation sites is 1. The molecule has 0 unspecified atom stereocenters. The SMILES string of the molecule is BNC(=O)c1ccccc1NC(=O)[C@H](C)NC(=O)OC(C)(C)C. The molecule has 0 aliphatic heterocycles. The van der Waals surface area contributed by atoms with E-state index in [-0.39, 0.29) is 5.91 Å². The first kappa shape index (κ1) is 18.5. The third kappa shape index (κ3) is 6.02. The predicted octanol–water partition coefficient (Wildman–Crippen LogP) is 0.816. The van der Waals surface area contributed by atoms with Crippen molar-refractivity contribution in [2.75, 3.05) is 5.32 Å². The molecule has 0 aromatic heterocycles. The van der Waals surface area contributed by atoms with E-state index >= 15 is 0 Å². The average molecular weight is 319 g/mol. The van der Waals surface area contributed by atoms with Crippen LogP contribution in [0.25, 0.3) is 0 Å². The molecule has 0 radical (unpaired) electrons. The highest BCUT2D eigenvalue weighted by molar-refractivity contribution is 6.20. The summed E-state index contributed by atoms with van der Waals surface area (Å²) in [6, 6.07) is 5.79. The van der Waals surface area contributed by atoms with Gasteiger partial charge in [0, 0.05) is 0 Å². The lowest BCUT2D eigenvalue weighted by Gasteiger charge is -2.22. The van der Waals surface area contributed by atoms with Crippen molar-refractivity contribution >= 4 is 31.6 Å². The van der Waals surface area contributed by atoms with Crippen molar-refractivity contribution in [3.8, 4) is 0 Å². The normalized spacial score (nSPS) is 12.0. The molecule has 0 heterocycles. The van der Waals surface area contributed by atoms with Gasteiger partial charge in [-0.1, -0.05) is 12.1 Å². The van der Waals surface area contributed by atoms with Gasteiger partial charge in [0.25, 0.3) is 0 Å². The maximum absolute atomic E-state index is 12.2. The summed E-state index contributed by atoms with van der Waals surface area (Å²) in [4.78, 5) is 35.6. The lowest BCUT2D eigenvalue weighted by Crippen LogP contribution is -2.44. The molecule has 0 aliphatic carbocycles. The largest absolute Gasteiger partial charge is 0.444 e. The number of carbonyl (C=O) groups excluding carboxylic acids is 3. The molecule has 1 atom stereocenters. The summed E-state index contributed by atoms with van der Waals surface area (Å²) < 4.78 is 5.09. The summed E-state index contributed by atoms with van der Waals surface area (Å²) in [6.45, 7) is 6.73. The molecule has 0 aliphatic rings. The monoisotopic (exact) mass is 319 g/mol. The molecular weight excluding hydrogens is 297 g/mol. The topological polar surface area (TPSA) is 96.5 Å². The number of anilines is 1. The highest BCUT2D eigenvalue weighted by Gasteiger charge is 2.22. The highest BCUT2D eigenvalue weighted by Crippen LogP contribution is 2.15. The average Bonchev–Trinajstić information content (AvgIpc) is 2.44. The van der Waals surface area contributed by atoms with Crippen molar-refractivity contribution in [2.45, 2.75) is 39.3 Å². The Kier molecular flexibility index (Phi) is 6.18. The van der Waals surface area contributed by atoms with Crippen molar-refractivity contribution in [1.82, 2.24) is 10.5 Å². The van der Waals surface area contributed by atoms with Gasteiger partial charge in [0.05, 0.1) is 11.3 Å². The van der Waals surface area contributed by atoms with E-state index in [9.17, 15) is 14.4 Å². The fraction of sp³-hybridized carbons (Fsp3) is 0.400. The van der Waals surface area contributed by atoms with Gasteiger partial charge in [0.15, 0.2) is 0 Å². The van der Waals surface area contributed by atoms with Gasteiger partial charge in [0.2, 0.25) is 19.8 Å². The number of nitrogens with one attached hydrogen (secondary N) is 3. The number of amides is 3. The van der Waals surface area contributed by atoms with Crippen LogP contribution in [0, 0.1) is 0 Å². The molecule has 0 bridgehead atoms. The molecule has 124 valence electrons. The van der Waals surface area contributed by atoms with Crippen LogP contribution in [0.3, 0.4) is 0 Å². The van der Waals surface area contributed by atoms with Crippen LogP contribution in [-0.2, 0) is 9.53 Å². The Labute approximate surface area is 136 Å². The van der Waals surface area contributed by atoms with Gasteiger partial charge in [-0.3, -0.25) is 9.59 Å². The number of benzene rings is 1. The Balaban J connectivity index is 2.73. The molecular formula is C15H22BN3O4. The quantitative estimate of drug-likeness (QED) is 0.716. The van der Waals surface area contributed by atoms with Gasteiger partial charge < -0.3 is 20.6 Å². The highest BCUT2D eigenvalue weighted by atomic mass is 16.6. The number of hydrogen-bond donors (Lipinski definition) is 3. The standard InChI is InChI=1S/C15H22BN3O4/c1-9(17-14(22)23-15(2,3)4)12(20)18-11-8-6-5-7-10(11)13(21)19-16/h5-9H,16H2,1-4H3,(H,17,22)(H,18,20)(H,19,21)/t9-/m0/s1. The smallest absolute Gasteiger partial charge is 0.408 e. The zero-order valence-corrected chi connectivity index (χ0v) is 14.0. The van der Waals surface area contributed by atoms with Crippen molar-refractivity contribution < 1.29 is 19.1 Å². The molecule has 0 saturated carbocycles. The second-order valence-electron chi connectivity index (χ2n) is 5.98. The predicted molar refractivity (Wildman–Crippen MR) is 89.9 cm³/mol. The molecule has 0 spiro atoms. The minimum absolute atomic E-state index is 0.311. The van der Waals surface area contributed by atoms with Crippen molar-refractivity contribution in [3.63, 3.8) is 0 Å². The molecule has 7 nitrogen and oxygen atoms in total. The van der Waals surface area contributed by atoms with Crippen LogP contribution >= 0.6 is 0 Å². The molecule has 3 amide bonds. The Morgan fingerprint density at radius 3 is 2.35 bits per heavy atom. The van der Waals surface area contributed by atoms with Crippen LogP contribution in [0.2, 0.25) is 0 Å². The Hall–Kier alpha value is -2.51. The first-order valence-corrected chi connectivity index (χ1v) is 7.25. The third-order valence-corrected chi connectivity index (χ3v) is 2.78. The number of alkyl carbamates (subject to hydrolysis) is 1. The van der Waals surface area contributed by atoms with Crippen LogP contribution in [0.5, 0.6) is 0 Å². The Morgan fingerprint density at radius 2 is 1.78 bits per heavy atom. The second-order valence-corrected chi connectivity index (χ2v) is 5.98. The Morgan fingerprint density at radius 1 is 1.17 bits per heavy atom. The zero-order valence-electron chi connectivity index (χ0n) is 14.0. The molecule has 1 aromatic rings. The van der Waals surface area contributed by atoms with E-state index in [1.165, 1.54) is 14.9 Å². The number of hydrogen-bond acceptors (Lipinski definition) is 4. The van der Waals surface area contributed by atoms with Crippen molar-refractivity contribution in [2.24, 2.45) is 0 Å². The first-order valence-electron chi connectivity index (χ1n) is 7.25. The molecule has 0 saturated heterocycles. The Bertz CT molecular complexity index is 599. The van der Waals surface area contributed by atoms with Gasteiger partial charge in [-0.15, -0.1) is 0 Å². The molecule has 3 N–H and O–H groups in total. The summed E-state index contributed by atoms with van der Waals surface area (Å²) in [7, 11) is 1.51. The molecule has 0 fully saturated rings. The zero-order chi connectivity index (χ0) is 17.6. The van der Waals surface area contributed by atoms with Crippen LogP contribution < -0.4 is 15.9 Å². The van der Waals surface area contributed by atoms with Gasteiger partial charge in [0.1, 0.15) is 11.6 Å². The molecule has 1 rings (SSSR count). The first-order chi connectivity index (χ1) is 10.6. The van der Waals surface area contributed by atoms with Gasteiger partial charge in [-0.2, -0.15) is 0 Å². The van der Waals surface area contributed by atoms with Gasteiger partial charge >= 0.3 is 6.09 Å². The molecule has 23 heavy (non-hydrogen) atoms. The lowest BCUT2D eigenvalue weighted by molar-refractivity contribution is -0.117.